The first-order valence-electron chi connectivity index (χ1n) is 7.35. The number of nitrogens with two attached hydrogens (primary N) is 1. The molecule has 2 rings (SSSR count). The summed E-state index contributed by atoms with van der Waals surface area (Å²) in [5, 5.41) is 0. The number of nitrogens with one attached hydrogen (secondary N) is 1. The normalized spacial score (nSPS) is 20.8. The van der Waals surface area contributed by atoms with Crippen LogP contribution in [0.4, 0.5) is 0 Å². The molecule has 3 N–H and O–H groups in total. The molecule has 0 radical (unpaired) electrons. The Morgan fingerprint density at radius 1 is 1.35 bits per heavy atom. The smallest absolute Gasteiger partial charge is 0.255 e. The van der Waals surface area contributed by atoms with Crippen LogP contribution < -0.4 is 11.3 Å². The quantitative estimate of drug-likeness (QED) is 0.884. The van der Waals surface area contributed by atoms with E-state index in [0.29, 0.717) is 23.4 Å². The van der Waals surface area contributed by atoms with E-state index in [1.807, 2.05) is 6.92 Å². The van der Waals surface area contributed by atoms with Gasteiger partial charge in [0.2, 0.25) is 0 Å². The lowest BCUT2D eigenvalue weighted by molar-refractivity contribution is -0.0949. The number of hydrogen-bond acceptors (Lipinski definition) is 4. The summed E-state index contributed by atoms with van der Waals surface area (Å²) in [5.74, 6) is 0.650. The Hall–Kier alpha value is -1.20. The van der Waals surface area contributed by atoms with Crippen LogP contribution in [0.5, 0.6) is 0 Å². The average molecular weight is 279 g/mol. The molecule has 5 heteroatoms. The Labute approximate surface area is 119 Å². The minimum atomic E-state index is -0.448. The maximum atomic E-state index is 12.0. The third kappa shape index (κ3) is 2.94. The molecule has 112 valence electrons. The van der Waals surface area contributed by atoms with Crippen LogP contribution in [0.2, 0.25) is 0 Å². The van der Waals surface area contributed by atoms with Crippen LogP contribution in [-0.2, 0) is 16.9 Å². The lowest BCUT2D eigenvalue weighted by atomic mass is 9.70. The molecular formula is C15H25N3O2. The molecule has 5 nitrogen and oxygen atoms in total. The number of hydrogen-bond donors (Lipinski definition) is 2. The van der Waals surface area contributed by atoms with Gasteiger partial charge >= 0.3 is 0 Å². The zero-order valence-corrected chi connectivity index (χ0v) is 12.7. The summed E-state index contributed by atoms with van der Waals surface area (Å²) >= 11 is 0. The van der Waals surface area contributed by atoms with Crippen LogP contribution in [0.1, 0.15) is 57.8 Å². The van der Waals surface area contributed by atoms with Crippen molar-refractivity contribution in [3.05, 3.63) is 27.9 Å². The van der Waals surface area contributed by atoms with Crippen molar-refractivity contribution in [3.63, 3.8) is 0 Å². The van der Waals surface area contributed by atoms with Crippen LogP contribution in [0.3, 0.4) is 0 Å². The van der Waals surface area contributed by atoms with Crippen molar-refractivity contribution in [2.24, 2.45) is 11.1 Å². The highest BCUT2D eigenvalue weighted by atomic mass is 16.5. The van der Waals surface area contributed by atoms with Crippen molar-refractivity contribution in [1.82, 2.24) is 9.97 Å². The second-order valence-corrected chi connectivity index (χ2v) is 6.38. The first-order chi connectivity index (χ1) is 9.42. The molecule has 0 unspecified atom stereocenters. The van der Waals surface area contributed by atoms with Crippen LogP contribution >= 0.6 is 0 Å². The number of rotatable bonds is 4. The van der Waals surface area contributed by atoms with Gasteiger partial charge in [-0.05, 0) is 38.0 Å². The van der Waals surface area contributed by atoms with E-state index >= 15 is 0 Å². The molecule has 1 aliphatic carbocycles. The van der Waals surface area contributed by atoms with E-state index in [9.17, 15) is 4.79 Å². The molecule has 1 aliphatic rings. The van der Waals surface area contributed by atoms with Gasteiger partial charge in [-0.3, -0.25) is 4.79 Å². The van der Waals surface area contributed by atoms with Crippen LogP contribution in [0.15, 0.2) is 11.0 Å². The molecule has 0 saturated heterocycles. The Kier molecular flexibility index (Phi) is 4.30. The Morgan fingerprint density at radius 2 is 2.00 bits per heavy atom. The van der Waals surface area contributed by atoms with Gasteiger partial charge in [-0.25, -0.2) is 4.98 Å². The fourth-order valence-electron chi connectivity index (χ4n) is 2.85. The highest BCUT2D eigenvalue weighted by molar-refractivity contribution is 5.11. The summed E-state index contributed by atoms with van der Waals surface area (Å²) in [7, 11) is 0. The van der Waals surface area contributed by atoms with E-state index in [0.717, 1.165) is 25.7 Å². The predicted octanol–water partition coefficient (Wildman–Crippen LogP) is 2.06. The minimum Gasteiger partial charge on any atom is -0.367 e. The molecule has 1 fully saturated rings. The van der Waals surface area contributed by atoms with Gasteiger partial charge in [0.1, 0.15) is 11.4 Å². The molecule has 0 atom stereocenters. The first kappa shape index (κ1) is 15.2. The largest absolute Gasteiger partial charge is 0.367 e. The summed E-state index contributed by atoms with van der Waals surface area (Å²) in [6.07, 6.45) is 5.48. The summed E-state index contributed by atoms with van der Waals surface area (Å²) in [6, 6.07) is 0. The molecule has 1 aromatic rings. The van der Waals surface area contributed by atoms with Crippen molar-refractivity contribution in [2.45, 2.75) is 58.6 Å². The van der Waals surface area contributed by atoms with Crippen LogP contribution in [0.25, 0.3) is 0 Å². The lowest BCUT2D eigenvalue weighted by Gasteiger charge is -2.42. The molecule has 0 amide bonds. The summed E-state index contributed by atoms with van der Waals surface area (Å²) in [4.78, 5) is 19.2. The Balaban J connectivity index is 2.34. The van der Waals surface area contributed by atoms with Gasteiger partial charge in [0.15, 0.2) is 0 Å². The van der Waals surface area contributed by atoms with E-state index < -0.39 is 5.60 Å². The van der Waals surface area contributed by atoms with E-state index in [2.05, 4.69) is 23.8 Å². The lowest BCUT2D eigenvalue weighted by Crippen LogP contribution is -2.40. The third-order valence-electron chi connectivity index (χ3n) is 4.36. The fraction of sp³-hybridized carbons (Fsp3) is 0.733. The molecule has 20 heavy (non-hydrogen) atoms. The zero-order chi connectivity index (χ0) is 14.8. The monoisotopic (exact) mass is 279 g/mol. The third-order valence-corrected chi connectivity index (χ3v) is 4.36. The van der Waals surface area contributed by atoms with E-state index in [1.165, 1.54) is 0 Å². The molecule has 1 saturated carbocycles. The van der Waals surface area contributed by atoms with Gasteiger partial charge in [0.05, 0.1) is 0 Å². The summed E-state index contributed by atoms with van der Waals surface area (Å²) in [5.41, 5.74) is 5.76. The SMILES string of the molecule is CCOC1(c2ncc(CN)c(=O)[nH]2)CCC(C)(C)CC1. The second kappa shape index (κ2) is 5.66. The highest BCUT2D eigenvalue weighted by Gasteiger charge is 2.42. The number of aromatic nitrogens is 2. The molecule has 0 bridgehead atoms. The van der Waals surface area contributed by atoms with E-state index in [1.54, 1.807) is 6.20 Å². The van der Waals surface area contributed by atoms with Gasteiger partial charge in [-0.2, -0.15) is 0 Å². The number of H-pyrrole nitrogens is 1. The molecular weight excluding hydrogens is 254 g/mol. The summed E-state index contributed by atoms with van der Waals surface area (Å²) < 4.78 is 6.01. The molecule has 0 aromatic carbocycles. The first-order valence-corrected chi connectivity index (χ1v) is 7.35. The molecule has 0 spiro atoms. The van der Waals surface area contributed by atoms with Gasteiger partial charge in [-0.15, -0.1) is 0 Å². The minimum absolute atomic E-state index is 0.151. The molecule has 1 aromatic heterocycles. The zero-order valence-electron chi connectivity index (χ0n) is 12.7. The standard InChI is InChI=1S/C15H25N3O2/c1-4-20-15(7-5-14(2,3)6-8-15)13-17-10-11(9-16)12(19)18-13/h10H,4-9,16H2,1-3H3,(H,17,18,19). The van der Waals surface area contributed by atoms with E-state index in [4.69, 9.17) is 10.5 Å². The van der Waals surface area contributed by atoms with Crippen molar-refractivity contribution >= 4 is 0 Å². The number of nitrogens with zero attached hydrogens (tertiary/aromatic N) is 1. The maximum Gasteiger partial charge on any atom is 0.255 e. The predicted molar refractivity (Wildman–Crippen MR) is 78.3 cm³/mol. The highest BCUT2D eigenvalue weighted by Crippen LogP contribution is 2.46. The van der Waals surface area contributed by atoms with Gasteiger partial charge in [0, 0.05) is 24.9 Å². The van der Waals surface area contributed by atoms with Gasteiger partial charge in [0.25, 0.3) is 5.56 Å². The Bertz CT molecular complexity index is 512. The van der Waals surface area contributed by atoms with Crippen molar-refractivity contribution in [1.29, 1.82) is 0 Å². The van der Waals surface area contributed by atoms with Crippen LogP contribution in [-0.4, -0.2) is 16.6 Å². The molecule has 1 heterocycles. The summed E-state index contributed by atoms with van der Waals surface area (Å²) in [6.45, 7) is 7.35. The molecule has 0 aliphatic heterocycles. The van der Waals surface area contributed by atoms with Crippen LogP contribution in [0, 0.1) is 5.41 Å². The second-order valence-electron chi connectivity index (χ2n) is 6.38. The number of ether oxygens (including phenoxy) is 1. The maximum absolute atomic E-state index is 12.0. The average Bonchev–Trinajstić information content (AvgIpc) is 2.42. The van der Waals surface area contributed by atoms with Gasteiger partial charge < -0.3 is 15.5 Å². The van der Waals surface area contributed by atoms with Crippen molar-refractivity contribution < 1.29 is 4.74 Å². The number of aromatic amines is 1. The van der Waals surface area contributed by atoms with Crippen molar-refractivity contribution in [3.8, 4) is 0 Å². The Morgan fingerprint density at radius 3 is 2.50 bits per heavy atom. The van der Waals surface area contributed by atoms with E-state index in [-0.39, 0.29) is 12.1 Å². The topological polar surface area (TPSA) is 81.0 Å². The van der Waals surface area contributed by atoms with Crippen molar-refractivity contribution in [2.75, 3.05) is 6.61 Å². The fourth-order valence-corrected chi connectivity index (χ4v) is 2.85. The van der Waals surface area contributed by atoms with Gasteiger partial charge in [-0.1, -0.05) is 13.8 Å².